The van der Waals surface area contributed by atoms with Gasteiger partial charge in [0.2, 0.25) is 0 Å². The Kier molecular flexibility index (Phi) is 5.04. The van der Waals surface area contributed by atoms with Gasteiger partial charge in [0.05, 0.1) is 0 Å². The lowest BCUT2D eigenvalue weighted by molar-refractivity contribution is 0.194. The number of benzene rings is 1. The summed E-state index contributed by atoms with van der Waals surface area (Å²) in [5.74, 6) is 0.934. The van der Waals surface area contributed by atoms with Gasteiger partial charge in [-0.25, -0.2) is 4.79 Å². The van der Waals surface area contributed by atoms with E-state index < -0.39 is 6.09 Å². The second-order valence-electron chi connectivity index (χ2n) is 3.25. The average molecular weight is 225 g/mol. The van der Waals surface area contributed by atoms with Gasteiger partial charge in [-0.05, 0) is 31.2 Å². The Morgan fingerprint density at radius 2 is 2.33 bits per heavy atom. The number of carbonyl (C=O) groups is 1. The Hall–Kier alpha value is -1.16. The predicted molar refractivity (Wildman–Crippen MR) is 62.5 cm³/mol. The summed E-state index contributed by atoms with van der Waals surface area (Å²) in [4.78, 5) is 11.4. The van der Waals surface area contributed by atoms with Crippen LogP contribution in [0.25, 0.3) is 0 Å². The molecule has 4 heteroatoms. The van der Waals surface area contributed by atoms with Crippen LogP contribution in [0.4, 0.5) is 4.79 Å². The van der Waals surface area contributed by atoms with Gasteiger partial charge in [0.25, 0.3) is 0 Å². The number of thioether (sulfide) groups is 1. The van der Waals surface area contributed by atoms with E-state index in [4.69, 9.17) is 5.11 Å². The van der Waals surface area contributed by atoms with Crippen LogP contribution in [0.3, 0.4) is 0 Å². The molecule has 0 aromatic heterocycles. The minimum atomic E-state index is -0.949. The molecule has 3 nitrogen and oxygen atoms in total. The molecule has 15 heavy (non-hydrogen) atoms. The standard InChI is InChI=1S/C11H15NO2S/c1-9-4-2-5-10(8-9)15-7-3-6-12-11(13)14/h2,4-5,8,12H,3,6-7H2,1H3,(H,13,14). The highest BCUT2D eigenvalue weighted by molar-refractivity contribution is 7.99. The third-order valence-corrected chi connectivity index (χ3v) is 2.94. The van der Waals surface area contributed by atoms with Gasteiger partial charge in [-0.3, -0.25) is 0 Å². The van der Waals surface area contributed by atoms with Gasteiger partial charge < -0.3 is 10.4 Å². The molecule has 0 radical (unpaired) electrons. The molecule has 0 bridgehead atoms. The van der Waals surface area contributed by atoms with Crippen molar-refractivity contribution < 1.29 is 9.90 Å². The summed E-state index contributed by atoms with van der Waals surface area (Å²) in [7, 11) is 0. The number of aryl methyl sites for hydroxylation is 1. The third kappa shape index (κ3) is 5.32. The van der Waals surface area contributed by atoms with Gasteiger partial charge in [0, 0.05) is 11.4 Å². The maximum absolute atomic E-state index is 10.2. The zero-order valence-corrected chi connectivity index (χ0v) is 9.51. The number of nitrogens with one attached hydrogen (secondary N) is 1. The zero-order valence-electron chi connectivity index (χ0n) is 8.69. The van der Waals surface area contributed by atoms with Crippen molar-refractivity contribution in [1.29, 1.82) is 0 Å². The van der Waals surface area contributed by atoms with Crippen molar-refractivity contribution >= 4 is 17.9 Å². The maximum atomic E-state index is 10.2. The number of rotatable bonds is 5. The third-order valence-electron chi connectivity index (χ3n) is 1.86. The van der Waals surface area contributed by atoms with Gasteiger partial charge in [-0.1, -0.05) is 17.7 Å². The first-order valence-corrected chi connectivity index (χ1v) is 5.83. The van der Waals surface area contributed by atoms with Gasteiger partial charge in [0.1, 0.15) is 0 Å². The molecule has 0 saturated heterocycles. The summed E-state index contributed by atoms with van der Waals surface area (Å²) < 4.78 is 0. The molecule has 0 saturated carbocycles. The Morgan fingerprint density at radius 3 is 3.00 bits per heavy atom. The quantitative estimate of drug-likeness (QED) is 0.598. The molecule has 1 amide bonds. The number of hydrogen-bond acceptors (Lipinski definition) is 2. The maximum Gasteiger partial charge on any atom is 0.404 e. The molecular formula is C11H15NO2S. The van der Waals surface area contributed by atoms with E-state index in [0.717, 1.165) is 12.2 Å². The molecule has 0 heterocycles. The van der Waals surface area contributed by atoms with E-state index in [1.807, 2.05) is 6.07 Å². The fourth-order valence-electron chi connectivity index (χ4n) is 1.16. The van der Waals surface area contributed by atoms with Crippen molar-refractivity contribution in [1.82, 2.24) is 5.32 Å². The van der Waals surface area contributed by atoms with Crippen LogP contribution in [0, 0.1) is 6.92 Å². The molecule has 1 aromatic rings. The molecule has 0 fully saturated rings. The normalized spacial score (nSPS) is 9.93. The molecule has 0 aliphatic heterocycles. The van der Waals surface area contributed by atoms with Crippen molar-refractivity contribution in [3.63, 3.8) is 0 Å². The van der Waals surface area contributed by atoms with Gasteiger partial charge in [0.15, 0.2) is 0 Å². The van der Waals surface area contributed by atoms with E-state index in [0.29, 0.717) is 6.54 Å². The molecule has 0 spiro atoms. The first-order chi connectivity index (χ1) is 7.18. The molecule has 82 valence electrons. The van der Waals surface area contributed by atoms with E-state index in [1.54, 1.807) is 11.8 Å². The van der Waals surface area contributed by atoms with Gasteiger partial charge in [-0.2, -0.15) is 0 Å². The Bertz CT molecular complexity index is 328. The predicted octanol–water partition coefficient (Wildman–Crippen LogP) is 2.74. The highest BCUT2D eigenvalue weighted by Gasteiger charge is 1.96. The molecule has 1 rings (SSSR count). The Morgan fingerprint density at radius 1 is 1.53 bits per heavy atom. The van der Waals surface area contributed by atoms with Gasteiger partial charge in [-0.15, -0.1) is 11.8 Å². The molecule has 2 N–H and O–H groups in total. The van der Waals surface area contributed by atoms with Crippen LogP contribution in [0.2, 0.25) is 0 Å². The van der Waals surface area contributed by atoms with Crippen LogP contribution < -0.4 is 5.32 Å². The van der Waals surface area contributed by atoms with Crippen molar-refractivity contribution in [2.24, 2.45) is 0 Å². The summed E-state index contributed by atoms with van der Waals surface area (Å²) in [5, 5.41) is 10.7. The molecule has 0 atom stereocenters. The summed E-state index contributed by atoms with van der Waals surface area (Å²) in [6.45, 7) is 2.59. The van der Waals surface area contributed by atoms with Crippen LogP contribution in [0.1, 0.15) is 12.0 Å². The van der Waals surface area contributed by atoms with E-state index in [1.165, 1.54) is 10.5 Å². The molecule has 1 aromatic carbocycles. The smallest absolute Gasteiger partial charge is 0.404 e. The van der Waals surface area contributed by atoms with Crippen LogP contribution in [-0.2, 0) is 0 Å². The topological polar surface area (TPSA) is 49.3 Å². The summed E-state index contributed by atoms with van der Waals surface area (Å²) in [6.07, 6.45) is -0.0965. The minimum absolute atomic E-state index is 0.522. The fraction of sp³-hybridized carbons (Fsp3) is 0.364. The van der Waals surface area contributed by atoms with Crippen LogP contribution in [-0.4, -0.2) is 23.5 Å². The lowest BCUT2D eigenvalue weighted by Gasteiger charge is -2.02. The van der Waals surface area contributed by atoms with E-state index >= 15 is 0 Å². The molecule has 0 unspecified atom stereocenters. The minimum Gasteiger partial charge on any atom is -0.465 e. The number of carboxylic acid groups (broad SMARTS) is 1. The summed E-state index contributed by atoms with van der Waals surface area (Å²) in [5.41, 5.74) is 1.25. The molecular weight excluding hydrogens is 210 g/mol. The van der Waals surface area contributed by atoms with Crippen molar-refractivity contribution in [3.8, 4) is 0 Å². The zero-order chi connectivity index (χ0) is 11.1. The molecule has 0 aliphatic rings. The summed E-state index contributed by atoms with van der Waals surface area (Å²) in [6, 6.07) is 8.31. The highest BCUT2D eigenvalue weighted by Crippen LogP contribution is 2.19. The second kappa shape index (κ2) is 6.35. The fourth-order valence-corrected chi connectivity index (χ4v) is 2.13. The number of amides is 1. The molecule has 0 aliphatic carbocycles. The summed E-state index contributed by atoms with van der Waals surface area (Å²) >= 11 is 1.75. The first-order valence-electron chi connectivity index (χ1n) is 4.85. The largest absolute Gasteiger partial charge is 0.465 e. The number of hydrogen-bond donors (Lipinski definition) is 2. The SMILES string of the molecule is Cc1cccc(SCCCNC(=O)O)c1. The van der Waals surface area contributed by atoms with Crippen molar-refractivity contribution in [2.45, 2.75) is 18.2 Å². The van der Waals surface area contributed by atoms with Crippen molar-refractivity contribution in [3.05, 3.63) is 29.8 Å². The van der Waals surface area contributed by atoms with Gasteiger partial charge >= 0.3 is 6.09 Å². The van der Waals surface area contributed by atoms with E-state index in [-0.39, 0.29) is 0 Å². The van der Waals surface area contributed by atoms with E-state index in [2.05, 4.69) is 30.4 Å². The Balaban J connectivity index is 2.17. The van der Waals surface area contributed by atoms with Crippen LogP contribution >= 0.6 is 11.8 Å². The lowest BCUT2D eigenvalue weighted by atomic mass is 10.2. The van der Waals surface area contributed by atoms with Crippen LogP contribution in [0.5, 0.6) is 0 Å². The second-order valence-corrected chi connectivity index (χ2v) is 4.42. The van der Waals surface area contributed by atoms with Crippen LogP contribution in [0.15, 0.2) is 29.2 Å². The Labute approximate surface area is 93.9 Å². The highest BCUT2D eigenvalue weighted by atomic mass is 32.2. The van der Waals surface area contributed by atoms with E-state index in [9.17, 15) is 4.79 Å². The average Bonchev–Trinajstić information content (AvgIpc) is 2.17. The monoisotopic (exact) mass is 225 g/mol. The van der Waals surface area contributed by atoms with Crippen molar-refractivity contribution in [2.75, 3.05) is 12.3 Å². The first kappa shape index (κ1) is 11.9. The lowest BCUT2D eigenvalue weighted by Crippen LogP contribution is -2.22.